The van der Waals surface area contributed by atoms with Gasteiger partial charge in [-0.05, 0) is 74.0 Å². The van der Waals surface area contributed by atoms with E-state index in [0.717, 1.165) is 29.6 Å². The van der Waals surface area contributed by atoms with Crippen LogP contribution in [0.5, 0.6) is 0 Å². The molecule has 22 heavy (non-hydrogen) atoms. The van der Waals surface area contributed by atoms with Crippen molar-refractivity contribution < 1.29 is 0 Å². The van der Waals surface area contributed by atoms with Crippen LogP contribution in [0.25, 0.3) is 0 Å². The van der Waals surface area contributed by atoms with Gasteiger partial charge < -0.3 is 0 Å². The molecule has 0 aromatic carbocycles. The fourth-order valence-corrected chi connectivity index (χ4v) is 4.99. The van der Waals surface area contributed by atoms with Gasteiger partial charge in [0.2, 0.25) is 0 Å². The second kappa shape index (κ2) is 8.55. The predicted molar refractivity (Wildman–Crippen MR) is 101 cm³/mol. The van der Waals surface area contributed by atoms with Gasteiger partial charge in [-0.3, -0.25) is 0 Å². The zero-order valence-electron chi connectivity index (χ0n) is 16.5. The highest BCUT2D eigenvalue weighted by Crippen LogP contribution is 2.48. The fraction of sp³-hybridized carbons (Fsp3) is 0.909. The van der Waals surface area contributed by atoms with E-state index in [4.69, 9.17) is 0 Å². The third kappa shape index (κ3) is 4.62. The molecule has 0 bridgehead atoms. The first-order valence-electron chi connectivity index (χ1n) is 9.93. The van der Waals surface area contributed by atoms with Gasteiger partial charge in [0.1, 0.15) is 0 Å². The van der Waals surface area contributed by atoms with Crippen LogP contribution in [0.3, 0.4) is 0 Å². The molecular weight excluding hydrogens is 264 g/mol. The first kappa shape index (κ1) is 19.8. The minimum absolute atomic E-state index is 0.537. The smallest absolute Gasteiger partial charge is 0.0178 e. The van der Waals surface area contributed by atoms with Crippen LogP contribution in [0.1, 0.15) is 93.4 Å². The van der Waals surface area contributed by atoms with Gasteiger partial charge in [0.15, 0.2) is 0 Å². The summed E-state index contributed by atoms with van der Waals surface area (Å²) in [4.78, 5) is 0. The quantitative estimate of drug-likeness (QED) is 0.407. The van der Waals surface area contributed by atoms with Crippen molar-refractivity contribution >= 4 is 0 Å². The molecule has 1 fully saturated rings. The van der Waals surface area contributed by atoms with Crippen molar-refractivity contribution in [1.29, 1.82) is 0 Å². The Morgan fingerprint density at radius 3 is 1.95 bits per heavy atom. The molecule has 0 radical (unpaired) electrons. The van der Waals surface area contributed by atoms with E-state index >= 15 is 0 Å². The third-order valence-corrected chi connectivity index (χ3v) is 7.17. The van der Waals surface area contributed by atoms with Gasteiger partial charge in [-0.1, -0.05) is 66.5 Å². The Morgan fingerprint density at radius 1 is 1.05 bits per heavy atom. The van der Waals surface area contributed by atoms with Crippen LogP contribution in [0, 0.1) is 35.0 Å². The Labute approximate surface area is 141 Å². The molecule has 0 spiro atoms. The van der Waals surface area contributed by atoms with Crippen LogP contribution in [0.2, 0.25) is 0 Å². The van der Waals surface area contributed by atoms with Crippen LogP contribution in [0.15, 0.2) is 12.2 Å². The van der Waals surface area contributed by atoms with Crippen LogP contribution in [-0.4, -0.2) is 0 Å². The molecular formula is C22H42. The summed E-state index contributed by atoms with van der Waals surface area (Å²) in [5, 5.41) is 0. The molecule has 3 unspecified atom stereocenters. The Kier molecular flexibility index (Phi) is 7.69. The van der Waals surface area contributed by atoms with Gasteiger partial charge in [-0.15, -0.1) is 0 Å². The summed E-state index contributed by atoms with van der Waals surface area (Å²) >= 11 is 0. The summed E-state index contributed by atoms with van der Waals surface area (Å²) in [6.07, 6.45) is 9.70. The Balaban J connectivity index is 2.81. The van der Waals surface area contributed by atoms with Crippen molar-refractivity contribution in [1.82, 2.24) is 0 Å². The molecule has 3 atom stereocenters. The van der Waals surface area contributed by atoms with Gasteiger partial charge >= 0.3 is 0 Å². The zero-order valence-corrected chi connectivity index (χ0v) is 16.5. The van der Waals surface area contributed by atoms with Crippen LogP contribution in [-0.2, 0) is 0 Å². The van der Waals surface area contributed by atoms with Gasteiger partial charge in [-0.2, -0.15) is 0 Å². The monoisotopic (exact) mass is 306 g/mol. The van der Waals surface area contributed by atoms with Crippen molar-refractivity contribution in [3.8, 4) is 0 Å². The predicted octanol–water partition coefficient (Wildman–Crippen LogP) is 7.49. The van der Waals surface area contributed by atoms with Crippen molar-refractivity contribution in [2.45, 2.75) is 93.4 Å². The second-order valence-electron chi connectivity index (χ2n) is 8.78. The number of allylic oxidation sites excluding steroid dienone is 1. The van der Waals surface area contributed by atoms with E-state index in [9.17, 15) is 0 Å². The minimum Gasteiger partial charge on any atom is -0.0999 e. The molecule has 0 nitrogen and oxygen atoms in total. The largest absolute Gasteiger partial charge is 0.0999 e. The van der Waals surface area contributed by atoms with Gasteiger partial charge in [0.05, 0.1) is 0 Å². The third-order valence-electron chi connectivity index (χ3n) is 7.17. The normalized spacial score (nSPS) is 27.2. The molecule has 0 heterocycles. The average Bonchev–Trinajstić information content (AvgIpc) is 2.51. The molecule has 130 valence electrons. The summed E-state index contributed by atoms with van der Waals surface area (Å²) in [6, 6.07) is 0. The Bertz CT molecular complexity index is 330. The van der Waals surface area contributed by atoms with Crippen LogP contribution in [0.4, 0.5) is 0 Å². The maximum atomic E-state index is 4.33. The molecule has 0 heteroatoms. The van der Waals surface area contributed by atoms with E-state index < -0.39 is 0 Å². The maximum absolute atomic E-state index is 4.33. The standard InChI is InChI=1S/C22H42/c1-9-17(6)21(20(10-2)16(4)5)18-12-14-19(15-13-18)22(7,8)11-3/h17-21H,4,9-15H2,1-3,5-8H3. The lowest BCUT2D eigenvalue weighted by molar-refractivity contribution is 0.0712. The summed E-state index contributed by atoms with van der Waals surface area (Å²) in [5.41, 5.74) is 1.96. The molecule has 1 saturated carbocycles. The van der Waals surface area contributed by atoms with E-state index in [1.807, 2.05) is 0 Å². The van der Waals surface area contributed by atoms with Gasteiger partial charge in [0, 0.05) is 0 Å². The summed E-state index contributed by atoms with van der Waals surface area (Å²) in [5.74, 6) is 4.30. The average molecular weight is 307 g/mol. The summed E-state index contributed by atoms with van der Waals surface area (Å²) < 4.78 is 0. The SMILES string of the molecule is C=C(C)C(CC)C(C(C)CC)C1CCC(C(C)(C)CC)CC1. The molecule has 0 saturated heterocycles. The van der Waals surface area contributed by atoms with E-state index in [-0.39, 0.29) is 0 Å². The van der Waals surface area contributed by atoms with E-state index in [0.29, 0.717) is 5.41 Å². The Hall–Kier alpha value is -0.260. The van der Waals surface area contributed by atoms with Crippen molar-refractivity contribution in [2.24, 2.45) is 35.0 Å². The highest BCUT2D eigenvalue weighted by Gasteiger charge is 2.38. The minimum atomic E-state index is 0.537. The lowest BCUT2D eigenvalue weighted by atomic mass is 9.61. The molecule has 1 aliphatic carbocycles. The summed E-state index contributed by atoms with van der Waals surface area (Å²) in [6.45, 7) is 21.1. The maximum Gasteiger partial charge on any atom is -0.0178 e. The van der Waals surface area contributed by atoms with E-state index in [1.54, 1.807) is 0 Å². The molecule has 1 rings (SSSR count). The number of hydrogen-bond donors (Lipinski definition) is 0. The highest BCUT2D eigenvalue weighted by molar-refractivity contribution is 5.01. The van der Waals surface area contributed by atoms with Crippen LogP contribution < -0.4 is 0 Å². The number of hydrogen-bond acceptors (Lipinski definition) is 0. The van der Waals surface area contributed by atoms with Crippen LogP contribution >= 0.6 is 0 Å². The van der Waals surface area contributed by atoms with Crippen molar-refractivity contribution in [3.05, 3.63) is 12.2 Å². The Morgan fingerprint density at radius 2 is 1.59 bits per heavy atom. The van der Waals surface area contributed by atoms with Gasteiger partial charge in [0.25, 0.3) is 0 Å². The lowest BCUT2D eigenvalue weighted by Crippen LogP contribution is -2.35. The van der Waals surface area contributed by atoms with Crippen molar-refractivity contribution in [2.75, 3.05) is 0 Å². The highest BCUT2D eigenvalue weighted by atomic mass is 14.4. The molecule has 0 aliphatic heterocycles. The lowest BCUT2D eigenvalue weighted by Gasteiger charge is -2.44. The zero-order chi connectivity index (χ0) is 16.9. The molecule has 0 aromatic rings. The second-order valence-corrected chi connectivity index (χ2v) is 8.78. The van der Waals surface area contributed by atoms with E-state index in [1.165, 1.54) is 50.5 Å². The first-order chi connectivity index (χ1) is 10.3. The first-order valence-corrected chi connectivity index (χ1v) is 9.93. The molecule has 0 N–H and O–H groups in total. The fourth-order valence-electron chi connectivity index (χ4n) is 4.99. The molecule has 0 amide bonds. The van der Waals surface area contributed by atoms with Crippen molar-refractivity contribution in [3.63, 3.8) is 0 Å². The molecule has 0 aromatic heterocycles. The van der Waals surface area contributed by atoms with Gasteiger partial charge in [-0.25, -0.2) is 0 Å². The number of rotatable bonds is 8. The summed E-state index contributed by atoms with van der Waals surface area (Å²) in [7, 11) is 0. The van der Waals surface area contributed by atoms with E-state index in [2.05, 4.69) is 55.0 Å². The molecule has 1 aliphatic rings. The topological polar surface area (TPSA) is 0 Å².